The third-order valence-corrected chi connectivity index (χ3v) is 13.6. The standard InChI is InChI=1S/2C21H22F6N6O2/c2*1-10(20(22,23)24)34-15-5-6-16(21(25,26)27)33-18(15)28-17(31-33)7-14-12-3-4-13(14)9-32(8-12)19-30-29-11(2)35-19/h2*5-6,10,12-14H,3-4,7-9H2,1-2H3/t2*10-,12-,13+,14?/m10/s1. The average Bonchev–Trinajstić information content (AvgIpc) is 4.13. The average molecular weight is 1010 g/mol. The number of rotatable bonds is 10. The molecule has 28 heteroatoms. The fourth-order valence-electron chi connectivity index (χ4n) is 10.2. The van der Waals surface area contributed by atoms with Gasteiger partial charge >= 0.3 is 36.7 Å². The molecule has 2 aliphatic heterocycles. The predicted molar refractivity (Wildman–Crippen MR) is 218 cm³/mol. The van der Waals surface area contributed by atoms with Crippen molar-refractivity contribution in [3.63, 3.8) is 0 Å². The summed E-state index contributed by atoms with van der Waals surface area (Å²) in [5.74, 6) is 1.46. The number of aryl methyl sites for hydroxylation is 2. The van der Waals surface area contributed by atoms with E-state index < -0.39 is 71.1 Å². The smallest absolute Gasteiger partial charge is 0.433 e. The lowest BCUT2D eigenvalue weighted by atomic mass is 9.82. The van der Waals surface area contributed by atoms with Crippen molar-refractivity contribution in [1.29, 1.82) is 0 Å². The molecule has 70 heavy (non-hydrogen) atoms. The summed E-state index contributed by atoms with van der Waals surface area (Å²) in [7, 11) is 0. The van der Waals surface area contributed by atoms with Crippen LogP contribution >= 0.6 is 0 Å². The molecule has 16 nitrogen and oxygen atoms in total. The van der Waals surface area contributed by atoms with E-state index in [-0.39, 0.29) is 47.2 Å². The van der Waals surface area contributed by atoms with Gasteiger partial charge in [-0.15, -0.1) is 10.2 Å². The van der Waals surface area contributed by atoms with Gasteiger partial charge in [0, 0.05) is 52.9 Å². The molecule has 6 aromatic heterocycles. The topological polar surface area (TPSA) is 163 Å². The number of nitrogens with zero attached hydrogens (tertiary/aromatic N) is 12. The van der Waals surface area contributed by atoms with Crippen molar-refractivity contribution in [3.8, 4) is 11.5 Å². The zero-order chi connectivity index (χ0) is 50.2. The molecule has 6 aromatic rings. The van der Waals surface area contributed by atoms with Crippen molar-refractivity contribution in [3.05, 3.63) is 59.1 Å². The second-order valence-electron chi connectivity index (χ2n) is 18.2. The molecule has 2 saturated carbocycles. The van der Waals surface area contributed by atoms with E-state index in [1.54, 1.807) is 13.8 Å². The van der Waals surface area contributed by atoms with Gasteiger partial charge in [0.25, 0.3) is 0 Å². The molecule has 0 spiro atoms. The second kappa shape index (κ2) is 17.9. The molecule has 2 saturated heterocycles. The van der Waals surface area contributed by atoms with E-state index in [2.05, 4.69) is 40.6 Å². The van der Waals surface area contributed by atoms with Crippen LogP contribution in [0.3, 0.4) is 0 Å². The molecule has 4 aliphatic rings. The summed E-state index contributed by atoms with van der Waals surface area (Å²) in [5, 5.41) is 24.0. The van der Waals surface area contributed by atoms with E-state index in [0.29, 0.717) is 84.0 Å². The first-order chi connectivity index (χ1) is 32.8. The van der Waals surface area contributed by atoms with Crippen molar-refractivity contribution < 1.29 is 71.0 Å². The molecular weight excluding hydrogens is 965 g/mol. The summed E-state index contributed by atoms with van der Waals surface area (Å²) in [4.78, 5) is 12.4. The summed E-state index contributed by atoms with van der Waals surface area (Å²) in [6, 6.07) is 3.90. The Kier molecular flexibility index (Phi) is 12.5. The molecule has 4 bridgehead atoms. The lowest BCUT2D eigenvalue weighted by Crippen LogP contribution is -2.43. The number of ether oxygens (including phenoxy) is 2. The fraction of sp³-hybridized carbons (Fsp3) is 0.619. The Morgan fingerprint density at radius 2 is 0.886 bits per heavy atom. The van der Waals surface area contributed by atoms with Crippen LogP contribution in [0.1, 0.15) is 74.3 Å². The zero-order valence-corrected chi connectivity index (χ0v) is 37.5. The van der Waals surface area contributed by atoms with Gasteiger partial charge in [0.1, 0.15) is 11.4 Å². The van der Waals surface area contributed by atoms with Crippen LogP contribution in [-0.2, 0) is 25.2 Å². The third-order valence-electron chi connectivity index (χ3n) is 13.6. The summed E-state index contributed by atoms with van der Waals surface area (Å²) >= 11 is 0. The number of fused-ring (bicyclic) bond motifs is 6. The SMILES string of the molecule is Cc1nnc(N2C[C@H]3CC[C@@H](C2)C3Cc2nc3c(O[C@@H](C)C(F)(F)F)ccc(C(F)(F)F)n3n2)o1.Cc1nnc(N2C[C@H]3CC[C@@H](C2)C3Cc2nc3c(O[C@H](C)C(F)(F)F)ccc(C(F)(F)F)n3n2)o1. The predicted octanol–water partition coefficient (Wildman–Crippen LogP) is 8.95. The molecule has 10 rings (SSSR count). The number of pyridine rings is 2. The Bertz CT molecular complexity index is 2600. The highest BCUT2D eigenvalue weighted by Crippen LogP contribution is 2.46. The second-order valence-corrected chi connectivity index (χ2v) is 18.2. The molecular formula is C42H44F12N12O4. The van der Waals surface area contributed by atoms with Crippen LogP contribution in [0.2, 0.25) is 0 Å². The normalized spacial score (nSPS) is 23.8. The quantitative estimate of drug-likeness (QED) is 0.120. The van der Waals surface area contributed by atoms with Gasteiger partial charge in [-0.05, 0) is 99.3 Å². The Hall–Kier alpha value is -6.12. The maximum Gasteiger partial charge on any atom is 0.433 e. The number of alkyl halides is 12. The first kappa shape index (κ1) is 48.9. The Balaban J connectivity index is 0.000000174. The number of hydrogen-bond acceptors (Lipinski definition) is 14. The highest BCUT2D eigenvalue weighted by Gasteiger charge is 2.47. The van der Waals surface area contributed by atoms with E-state index >= 15 is 0 Å². The van der Waals surface area contributed by atoms with Crippen LogP contribution in [-0.4, -0.2) is 100 Å². The minimum absolute atomic E-state index is 0.112. The monoisotopic (exact) mass is 1010 g/mol. The van der Waals surface area contributed by atoms with Gasteiger partial charge in [-0.2, -0.15) is 62.9 Å². The summed E-state index contributed by atoms with van der Waals surface area (Å²) in [6.07, 6.45) is -19.1. The van der Waals surface area contributed by atoms with Crippen molar-refractivity contribution in [2.75, 3.05) is 36.0 Å². The van der Waals surface area contributed by atoms with E-state index in [0.717, 1.165) is 51.7 Å². The third kappa shape index (κ3) is 9.94. The van der Waals surface area contributed by atoms with Gasteiger partial charge < -0.3 is 28.1 Å². The molecule has 0 radical (unpaired) electrons. The fourth-order valence-corrected chi connectivity index (χ4v) is 10.2. The highest BCUT2D eigenvalue weighted by molar-refractivity contribution is 5.55. The van der Waals surface area contributed by atoms with Crippen LogP contribution in [0.25, 0.3) is 11.3 Å². The number of aromatic nitrogens is 10. The number of hydrogen-bond donors (Lipinski definition) is 0. The zero-order valence-electron chi connectivity index (χ0n) is 37.5. The Morgan fingerprint density at radius 3 is 1.17 bits per heavy atom. The van der Waals surface area contributed by atoms with E-state index in [4.69, 9.17) is 18.3 Å². The maximum absolute atomic E-state index is 13.6. The van der Waals surface area contributed by atoms with E-state index in [9.17, 15) is 52.7 Å². The van der Waals surface area contributed by atoms with Gasteiger partial charge in [-0.3, -0.25) is 0 Å². The van der Waals surface area contributed by atoms with Crippen LogP contribution in [0.4, 0.5) is 64.7 Å². The molecule has 8 heterocycles. The summed E-state index contributed by atoms with van der Waals surface area (Å²) < 4.78 is 181. The maximum atomic E-state index is 13.6. The van der Waals surface area contributed by atoms with Crippen LogP contribution < -0.4 is 19.3 Å². The molecule has 4 fully saturated rings. The number of anilines is 2. The van der Waals surface area contributed by atoms with Crippen molar-refractivity contribution in [2.45, 2.75) is 103 Å². The van der Waals surface area contributed by atoms with Crippen LogP contribution in [0.5, 0.6) is 11.5 Å². The largest absolute Gasteiger partial charge is 0.477 e. The highest BCUT2D eigenvalue weighted by atomic mass is 19.4. The first-order valence-electron chi connectivity index (χ1n) is 22.3. The Labute approximate surface area is 388 Å². The molecule has 0 aromatic carbocycles. The number of halogens is 12. The van der Waals surface area contributed by atoms with Crippen molar-refractivity contribution in [1.82, 2.24) is 49.6 Å². The molecule has 2 unspecified atom stereocenters. The molecule has 2 aliphatic carbocycles. The van der Waals surface area contributed by atoms with Crippen molar-refractivity contribution in [2.24, 2.45) is 35.5 Å². The van der Waals surface area contributed by atoms with Crippen LogP contribution in [0, 0.1) is 49.4 Å². The lowest BCUT2D eigenvalue weighted by Gasteiger charge is -2.36. The lowest BCUT2D eigenvalue weighted by molar-refractivity contribution is -0.189. The van der Waals surface area contributed by atoms with Gasteiger partial charge in [-0.25, -0.2) is 19.0 Å². The van der Waals surface area contributed by atoms with Gasteiger partial charge in [0.2, 0.25) is 11.8 Å². The molecule has 380 valence electrons. The van der Waals surface area contributed by atoms with Gasteiger partial charge in [-0.1, -0.05) is 10.2 Å². The number of piperidine rings is 2. The van der Waals surface area contributed by atoms with Crippen LogP contribution in [0.15, 0.2) is 33.1 Å². The van der Waals surface area contributed by atoms with E-state index in [1.807, 2.05) is 9.80 Å². The molecule has 0 N–H and O–H groups in total. The summed E-state index contributed by atoms with van der Waals surface area (Å²) in [6.45, 7) is 7.58. The summed E-state index contributed by atoms with van der Waals surface area (Å²) in [5.41, 5.74) is -3.06. The van der Waals surface area contributed by atoms with Gasteiger partial charge in [0.15, 0.2) is 46.7 Å². The minimum atomic E-state index is -4.77. The van der Waals surface area contributed by atoms with E-state index in [1.165, 1.54) is 0 Å². The minimum Gasteiger partial charge on any atom is -0.477 e. The first-order valence-corrected chi connectivity index (χ1v) is 22.3. The molecule has 0 amide bonds. The van der Waals surface area contributed by atoms with Crippen molar-refractivity contribution >= 4 is 23.3 Å². The Morgan fingerprint density at radius 1 is 0.543 bits per heavy atom. The molecule has 8 atom stereocenters. The van der Waals surface area contributed by atoms with Gasteiger partial charge in [0.05, 0.1) is 0 Å².